The Balaban J connectivity index is 1.34. The van der Waals surface area contributed by atoms with Crippen molar-refractivity contribution in [3.8, 4) is 17.3 Å². The van der Waals surface area contributed by atoms with Crippen LogP contribution in [0.5, 0.6) is 0 Å². The molecule has 0 atom stereocenters. The molecule has 232 valence electrons. The average Bonchev–Trinajstić information content (AvgIpc) is 3.40. The first-order valence-electron chi connectivity index (χ1n) is 14.2. The van der Waals surface area contributed by atoms with Gasteiger partial charge in [-0.25, -0.2) is 14.6 Å². The molecule has 1 saturated heterocycles. The molecule has 5 rings (SSSR count). The van der Waals surface area contributed by atoms with E-state index in [1.54, 1.807) is 39.9 Å². The lowest BCUT2D eigenvalue weighted by Gasteiger charge is -2.32. The first-order chi connectivity index (χ1) is 21.2. The number of likely N-dealkylation sites (tertiary alicyclic amines) is 1. The third-order valence-electron chi connectivity index (χ3n) is 7.43. The van der Waals surface area contributed by atoms with Gasteiger partial charge in [0.05, 0.1) is 17.0 Å². The zero-order chi connectivity index (χ0) is 32.5. The minimum absolute atomic E-state index is 0.0842. The number of hydrogen-bond donors (Lipinski definition) is 2. The lowest BCUT2D eigenvalue weighted by Crippen LogP contribution is -2.40. The van der Waals surface area contributed by atoms with Crippen molar-refractivity contribution in [3.63, 3.8) is 0 Å². The molecule has 2 aromatic carbocycles. The fourth-order valence-corrected chi connectivity index (χ4v) is 5.24. The molecule has 0 unspecified atom stereocenters. The molecule has 0 spiro atoms. The number of carbonyl (C=O) groups excluding carboxylic acids is 2. The third kappa shape index (κ3) is 6.80. The molecule has 4 aromatic rings. The average molecular weight is 617 g/mol. The maximum atomic E-state index is 13.0. The molecule has 1 fully saturated rings. The van der Waals surface area contributed by atoms with E-state index in [-0.39, 0.29) is 34.3 Å². The summed E-state index contributed by atoms with van der Waals surface area (Å²) < 4.78 is 40.4. The predicted octanol–water partition coefficient (Wildman–Crippen LogP) is 6.01. The molecule has 0 radical (unpaired) electrons. The quantitative estimate of drug-likeness (QED) is 0.207. The number of anilines is 2. The SMILES string of the molecule is CC(C)(C)/C=C(/C#N)C(=O)N1CCC(n2nc(-c3ccc(NC(=O)c4ccc(C(F)(F)F)cc4)cc3)c3c(N)ncnc32)CC1. The van der Waals surface area contributed by atoms with Crippen LogP contribution in [0, 0.1) is 16.7 Å². The van der Waals surface area contributed by atoms with Crippen LogP contribution in [0.4, 0.5) is 24.7 Å². The molecule has 3 N–H and O–H groups in total. The number of hydrogen-bond acceptors (Lipinski definition) is 7. The highest BCUT2D eigenvalue weighted by Crippen LogP contribution is 2.35. The van der Waals surface area contributed by atoms with Crippen LogP contribution in [0.1, 0.15) is 55.6 Å². The Morgan fingerprint density at radius 2 is 1.67 bits per heavy atom. The second-order valence-electron chi connectivity index (χ2n) is 11.9. The number of piperidine rings is 1. The molecule has 2 amide bonds. The molecule has 13 heteroatoms. The molecule has 0 saturated carbocycles. The molecule has 3 heterocycles. The molecule has 45 heavy (non-hydrogen) atoms. The number of nitrogens with two attached hydrogens (primary N) is 1. The van der Waals surface area contributed by atoms with Gasteiger partial charge < -0.3 is 16.0 Å². The van der Waals surface area contributed by atoms with E-state index in [4.69, 9.17) is 10.8 Å². The number of fused-ring (bicyclic) bond motifs is 1. The van der Waals surface area contributed by atoms with Crippen LogP contribution in [0.15, 0.2) is 66.5 Å². The van der Waals surface area contributed by atoms with E-state index in [0.29, 0.717) is 53.9 Å². The number of allylic oxidation sites excluding steroid dienone is 1. The van der Waals surface area contributed by atoms with Crippen molar-refractivity contribution in [2.75, 3.05) is 24.1 Å². The van der Waals surface area contributed by atoms with Crippen molar-refractivity contribution in [1.82, 2.24) is 24.6 Å². The number of rotatable bonds is 5. The molecule has 10 nitrogen and oxygen atoms in total. The monoisotopic (exact) mass is 616 g/mol. The number of nitriles is 1. The van der Waals surface area contributed by atoms with Crippen LogP contribution in [-0.2, 0) is 11.0 Å². The predicted molar refractivity (Wildman–Crippen MR) is 163 cm³/mol. The largest absolute Gasteiger partial charge is 0.416 e. The molecule has 2 aromatic heterocycles. The van der Waals surface area contributed by atoms with Gasteiger partial charge in [-0.15, -0.1) is 0 Å². The number of aromatic nitrogens is 4. The lowest BCUT2D eigenvalue weighted by atomic mass is 9.93. The van der Waals surface area contributed by atoms with Gasteiger partial charge in [0.15, 0.2) is 5.65 Å². The van der Waals surface area contributed by atoms with Gasteiger partial charge >= 0.3 is 6.18 Å². The summed E-state index contributed by atoms with van der Waals surface area (Å²) >= 11 is 0. The van der Waals surface area contributed by atoms with Gasteiger partial charge in [-0.3, -0.25) is 9.59 Å². The van der Waals surface area contributed by atoms with Crippen molar-refractivity contribution in [2.24, 2.45) is 5.41 Å². The molecule has 1 aliphatic heterocycles. The third-order valence-corrected chi connectivity index (χ3v) is 7.43. The number of amides is 2. The molecule has 0 aliphatic carbocycles. The van der Waals surface area contributed by atoms with Crippen LogP contribution >= 0.6 is 0 Å². The Morgan fingerprint density at radius 3 is 2.24 bits per heavy atom. The summed E-state index contributed by atoms with van der Waals surface area (Å²) in [7, 11) is 0. The number of halogens is 3. The Hall–Kier alpha value is -5.25. The van der Waals surface area contributed by atoms with E-state index >= 15 is 0 Å². The zero-order valence-corrected chi connectivity index (χ0v) is 24.9. The van der Waals surface area contributed by atoms with Gasteiger partial charge in [-0.2, -0.15) is 23.5 Å². The number of nitrogen functional groups attached to an aromatic ring is 1. The second kappa shape index (κ2) is 12.0. The number of nitrogens with one attached hydrogen (secondary N) is 1. The fraction of sp³-hybridized carbons (Fsp3) is 0.312. The lowest BCUT2D eigenvalue weighted by molar-refractivity contribution is -0.137. The number of alkyl halides is 3. The second-order valence-corrected chi connectivity index (χ2v) is 11.9. The smallest absolute Gasteiger partial charge is 0.383 e. The van der Waals surface area contributed by atoms with Crippen molar-refractivity contribution >= 4 is 34.4 Å². The van der Waals surface area contributed by atoms with Gasteiger partial charge in [0.2, 0.25) is 0 Å². The van der Waals surface area contributed by atoms with Crippen molar-refractivity contribution in [3.05, 3.63) is 77.6 Å². The summed E-state index contributed by atoms with van der Waals surface area (Å²) in [4.78, 5) is 36.0. The molecular formula is C32H31F3N8O2. The first kappa shape index (κ1) is 31.2. The number of nitrogens with zero attached hydrogens (tertiary/aromatic N) is 6. The van der Waals surface area contributed by atoms with Crippen LogP contribution in [-0.4, -0.2) is 49.6 Å². The number of carbonyl (C=O) groups is 2. The molecule has 0 bridgehead atoms. The van der Waals surface area contributed by atoms with Crippen LogP contribution < -0.4 is 11.1 Å². The van der Waals surface area contributed by atoms with Gasteiger partial charge in [0.25, 0.3) is 11.8 Å². The standard InChI is InChI=1S/C32H31F3N8O2/c1-31(2,3)16-21(17-36)30(45)42-14-12-24(13-15-42)43-28-25(27(37)38-18-39-28)26(41-43)19-6-10-23(11-7-19)40-29(44)20-4-8-22(9-5-20)32(33,34)35/h4-11,16,18,24H,12-15H2,1-3H3,(H,40,44)(H2,37,38,39)/b21-16-. The van der Waals surface area contributed by atoms with Crippen molar-refractivity contribution in [1.29, 1.82) is 5.26 Å². The van der Waals surface area contributed by atoms with Crippen molar-refractivity contribution < 1.29 is 22.8 Å². The first-order valence-corrected chi connectivity index (χ1v) is 14.2. The van der Waals surface area contributed by atoms with Gasteiger partial charge in [0.1, 0.15) is 29.5 Å². The Bertz CT molecular complexity index is 1810. The van der Waals surface area contributed by atoms with Gasteiger partial charge in [-0.05, 0) is 54.7 Å². The highest BCUT2D eigenvalue weighted by Gasteiger charge is 2.31. The zero-order valence-electron chi connectivity index (χ0n) is 24.9. The molecule has 1 aliphatic rings. The van der Waals surface area contributed by atoms with Crippen LogP contribution in [0.2, 0.25) is 0 Å². The normalized spacial score (nSPS) is 14.8. The highest BCUT2D eigenvalue weighted by atomic mass is 19.4. The fourth-order valence-electron chi connectivity index (χ4n) is 5.24. The summed E-state index contributed by atoms with van der Waals surface area (Å²) in [5.41, 5.74) is 7.57. The van der Waals surface area contributed by atoms with Crippen LogP contribution in [0.25, 0.3) is 22.3 Å². The minimum Gasteiger partial charge on any atom is -0.383 e. The Morgan fingerprint density at radius 1 is 1.02 bits per heavy atom. The summed E-state index contributed by atoms with van der Waals surface area (Å²) in [6, 6.07) is 12.7. The van der Waals surface area contributed by atoms with E-state index in [9.17, 15) is 28.0 Å². The topological polar surface area (TPSA) is 143 Å². The summed E-state index contributed by atoms with van der Waals surface area (Å²) in [5.74, 6) is -0.585. The van der Waals surface area contributed by atoms with Crippen LogP contribution in [0.3, 0.4) is 0 Å². The van der Waals surface area contributed by atoms with Gasteiger partial charge in [0, 0.05) is 29.9 Å². The van der Waals surface area contributed by atoms with E-state index in [1.165, 1.54) is 6.33 Å². The maximum Gasteiger partial charge on any atom is 0.416 e. The number of benzene rings is 2. The van der Waals surface area contributed by atoms with E-state index < -0.39 is 17.6 Å². The van der Waals surface area contributed by atoms with E-state index in [0.717, 1.165) is 24.3 Å². The highest BCUT2D eigenvalue weighted by molar-refractivity contribution is 6.04. The van der Waals surface area contributed by atoms with E-state index in [1.807, 2.05) is 26.8 Å². The summed E-state index contributed by atoms with van der Waals surface area (Å²) in [6.45, 7) is 6.69. The minimum atomic E-state index is -4.49. The molecular weight excluding hydrogens is 585 g/mol. The Kier molecular flexibility index (Phi) is 8.34. The summed E-state index contributed by atoms with van der Waals surface area (Å²) in [6.07, 6.45) is -0.239. The van der Waals surface area contributed by atoms with Crippen molar-refractivity contribution in [2.45, 2.75) is 45.8 Å². The van der Waals surface area contributed by atoms with Gasteiger partial charge in [-0.1, -0.05) is 39.0 Å². The summed E-state index contributed by atoms with van der Waals surface area (Å²) in [5, 5.41) is 17.7. The maximum absolute atomic E-state index is 13.0. The Labute approximate surface area is 257 Å². The van der Waals surface area contributed by atoms with E-state index in [2.05, 4.69) is 15.3 Å².